The number of amides is 1. The number of carbonyl (C=O) groups excluding carboxylic acids is 2. The molecule has 0 saturated carbocycles. The maximum absolute atomic E-state index is 11.7. The van der Waals surface area contributed by atoms with Gasteiger partial charge in [-0.15, -0.1) is 5.10 Å². The standard InChI is InChI=1S/C12H20N4O4/c1-9-11(12(18)20-8-7-19-3)14-15-16(9)6-4-5-10(17)13-2/h4-8H2,1-3H3,(H,13,17). The molecule has 1 amide bonds. The Bertz CT molecular complexity index is 458. The summed E-state index contributed by atoms with van der Waals surface area (Å²) in [6.07, 6.45) is 1.03. The van der Waals surface area contributed by atoms with E-state index >= 15 is 0 Å². The van der Waals surface area contributed by atoms with Crippen LogP contribution in [-0.4, -0.2) is 54.2 Å². The molecular weight excluding hydrogens is 264 g/mol. The van der Waals surface area contributed by atoms with Crippen LogP contribution in [0.3, 0.4) is 0 Å². The lowest BCUT2D eigenvalue weighted by atomic mass is 10.3. The van der Waals surface area contributed by atoms with Gasteiger partial charge < -0.3 is 14.8 Å². The number of nitrogens with zero attached hydrogens (tertiary/aromatic N) is 3. The van der Waals surface area contributed by atoms with Gasteiger partial charge >= 0.3 is 5.97 Å². The molecule has 1 N–H and O–H groups in total. The van der Waals surface area contributed by atoms with E-state index in [1.54, 1.807) is 18.7 Å². The van der Waals surface area contributed by atoms with Crippen LogP contribution in [0.4, 0.5) is 0 Å². The zero-order valence-corrected chi connectivity index (χ0v) is 12.0. The van der Waals surface area contributed by atoms with Crippen LogP contribution in [0.1, 0.15) is 29.0 Å². The molecule has 1 aromatic heterocycles. The maximum Gasteiger partial charge on any atom is 0.360 e. The van der Waals surface area contributed by atoms with Crippen molar-refractivity contribution in [1.29, 1.82) is 0 Å². The first kappa shape index (κ1) is 16.1. The number of ether oxygens (including phenoxy) is 2. The van der Waals surface area contributed by atoms with Gasteiger partial charge in [-0.2, -0.15) is 0 Å². The number of carbonyl (C=O) groups is 2. The second-order valence-electron chi connectivity index (χ2n) is 4.15. The number of hydrogen-bond acceptors (Lipinski definition) is 6. The molecule has 0 bridgehead atoms. The highest BCUT2D eigenvalue weighted by Crippen LogP contribution is 2.07. The SMILES string of the molecule is CNC(=O)CCCn1nnc(C(=O)OCCOC)c1C. The second kappa shape index (κ2) is 8.26. The van der Waals surface area contributed by atoms with Crippen LogP contribution in [0.2, 0.25) is 0 Å². The summed E-state index contributed by atoms with van der Waals surface area (Å²) >= 11 is 0. The highest BCUT2D eigenvalue weighted by Gasteiger charge is 2.17. The third-order valence-corrected chi connectivity index (χ3v) is 2.75. The molecule has 20 heavy (non-hydrogen) atoms. The van der Waals surface area contributed by atoms with Crippen molar-refractivity contribution in [2.75, 3.05) is 27.4 Å². The topological polar surface area (TPSA) is 95.3 Å². The van der Waals surface area contributed by atoms with E-state index in [1.165, 1.54) is 7.11 Å². The number of nitrogens with one attached hydrogen (secondary N) is 1. The molecule has 0 unspecified atom stereocenters. The summed E-state index contributed by atoms with van der Waals surface area (Å²) in [5.74, 6) is -0.543. The minimum atomic E-state index is -0.517. The third-order valence-electron chi connectivity index (χ3n) is 2.75. The average molecular weight is 284 g/mol. The van der Waals surface area contributed by atoms with Crippen molar-refractivity contribution >= 4 is 11.9 Å². The van der Waals surface area contributed by atoms with E-state index in [9.17, 15) is 9.59 Å². The Morgan fingerprint density at radius 3 is 2.75 bits per heavy atom. The van der Waals surface area contributed by atoms with Crippen molar-refractivity contribution in [3.05, 3.63) is 11.4 Å². The summed E-state index contributed by atoms with van der Waals surface area (Å²) in [4.78, 5) is 22.8. The molecular formula is C12H20N4O4. The number of esters is 1. The summed E-state index contributed by atoms with van der Waals surface area (Å²) in [5, 5.41) is 10.2. The fraction of sp³-hybridized carbons (Fsp3) is 0.667. The molecule has 0 saturated heterocycles. The summed E-state index contributed by atoms with van der Waals surface area (Å²) < 4.78 is 11.4. The van der Waals surface area contributed by atoms with Gasteiger partial charge in [-0.25, -0.2) is 9.48 Å². The second-order valence-corrected chi connectivity index (χ2v) is 4.15. The normalized spacial score (nSPS) is 10.3. The molecule has 1 aromatic rings. The van der Waals surface area contributed by atoms with Crippen molar-refractivity contribution < 1.29 is 19.1 Å². The summed E-state index contributed by atoms with van der Waals surface area (Å²) in [5.41, 5.74) is 0.824. The molecule has 0 atom stereocenters. The Hall–Kier alpha value is -1.96. The van der Waals surface area contributed by atoms with Crippen LogP contribution in [0.25, 0.3) is 0 Å². The summed E-state index contributed by atoms with van der Waals surface area (Å²) in [6, 6.07) is 0. The van der Waals surface area contributed by atoms with E-state index in [4.69, 9.17) is 9.47 Å². The predicted octanol–water partition coefficient (Wildman–Crippen LogP) is -0.0841. The Labute approximate surface area is 117 Å². The lowest BCUT2D eigenvalue weighted by Gasteiger charge is -2.04. The summed E-state index contributed by atoms with van der Waals surface area (Å²) in [7, 11) is 3.12. The molecule has 1 rings (SSSR count). The van der Waals surface area contributed by atoms with Crippen molar-refractivity contribution in [3.8, 4) is 0 Å². The van der Waals surface area contributed by atoms with Gasteiger partial charge in [-0.05, 0) is 13.3 Å². The molecule has 8 nitrogen and oxygen atoms in total. The molecule has 0 aliphatic rings. The van der Waals surface area contributed by atoms with Gasteiger partial charge in [0.2, 0.25) is 5.91 Å². The van der Waals surface area contributed by atoms with Crippen LogP contribution in [0, 0.1) is 6.92 Å². The van der Waals surface area contributed by atoms with Gasteiger partial charge in [-0.3, -0.25) is 4.79 Å². The maximum atomic E-state index is 11.7. The highest BCUT2D eigenvalue weighted by atomic mass is 16.6. The Morgan fingerprint density at radius 1 is 1.35 bits per heavy atom. The van der Waals surface area contributed by atoms with Gasteiger partial charge in [0, 0.05) is 27.1 Å². The van der Waals surface area contributed by atoms with Gasteiger partial charge in [0.25, 0.3) is 0 Å². The Kier molecular flexibility index (Phi) is 6.65. The smallest absolute Gasteiger partial charge is 0.360 e. The Balaban J connectivity index is 2.51. The average Bonchev–Trinajstić information content (AvgIpc) is 2.80. The largest absolute Gasteiger partial charge is 0.458 e. The molecule has 0 radical (unpaired) electrons. The van der Waals surface area contributed by atoms with Crippen LogP contribution in [0.15, 0.2) is 0 Å². The fourth-order valence-corrected chi connectivity index (χ4v) is 1.56. The van der Waals surface area contributed by atoms with Crippen molar-refractivity contribution in [2.45, 2.75) is 26.3 Å². The van der Waals surface area contributed by atoms with Crippen molar-refractivity contribution in [3.63, 3.8) is 0 Å². The van der Waals surface area contributed by atoms with E-state index in [-0.39, 0.29) is 18.2 Å². The summed E-state index contributed by atoms with van der Waals surface area (Å²) in [6.45, 7) is 2.79. The fourth-order valence-electron chi connectivity index (χ4n) is 1.56. The lowest BCUT2D eigenvalue weighted by molar-refractivity contribution is -0.120. The molecule has 8 heteroatoms. The lowest BCUT2D eigenvalue weighted by Crippen LogP contribution is -2.18. The predicted molar refractivity (Wildman–Crippen MR) is 70.2 cm³/mol. The minimum absolute atomic E-state index is 0.0260. The molecule has 1 heterocycles. The van der Waals surface area contributed by atoms with Gasteiger partial charge in [0.05, 0.1) is 12.3 Å². The van der Waals surface area contributed by atoms with Crippen molar-refractivity contribution in [2.24, 2.45) is 0 Å². The van der Waals surface area contributed by atoms with E-state index in [2.05, 4.69) is 15.6 Å². The van der Waals surface area contributed by atoms with Crippen LogP contribution < -0.4 is 5.32 Å². The molecule has 0 aliphatic carbocycles. The van der Waals surface area contributed by atoms with E-state index < -0.39 is 5.97 Å². The quantitative estimate of drug-likeness (QED) is 0.530. The van der Waals surface area contributed by atoms with Crippen LogP contribution in [0.5, 0.6) is 0 Å². The molecule has 0 spiro atoms. The zero-order chi connectivity index (χ0) is 15.0. The van der Waals surface area contributed by atoms with Gasteiger partial charge in [0.1, 0.15) is 6.61 Å². The first-order valence-electron chi connectivity index (χ1n) is 6.36. The number of rotatable bonds is 8. The minimum Gasteiger partial charge on any atom is -0.458 e. The number of aryl methyl sites for hydroxylation is 1. The van der Waals surface area contributed by atoms with E-state index in [0.717, 1.165) is 0 Å². The number of aromatic nitrogens is 3. The third kappa shape index (κ3) is 4.61. The molecule has 0 fully saturated rings. The van der Waals surface area contributed by atoms with Crippen LogP contribution in [-0.2, 0) is 20.8 Å². The first-order valence-corrected chi connectivity index (χ1v) is 6.36. The monoisotopic (exact) mass is 284 g/mol. The van der Waals surface area contributed by atoms with Crippen molar-refractivity contribution in [1.82, 2.24) is 20.3 Å². The Morgan fingerprint density at radius 2 is 2.10 bits per heavy atom. The van der Waals surface area contributed by atoms with Gasteiger partial charge in [0.15, 0.2) is 5.69 Å². The molecule has 112 valence electrons. The van der Waals surface area contributed by atoms with Gasteiger partial charge in [-0.1, -0.05) is 5.21 Å². The highest BCUT2D eigenvalue weighted by molar-refractivity contribution is 5.88. The van der Waals surface area contributed by atoms with E-state index in [1.807, 2.05) is 0 Å². The number of hydrogen-bond donors (Lipinski definition) is 1. The number of methoxy groups -OCH3 is 1. The first-order chi connectivity index (χ1) is 9.60. The molecule has 0 aliphatic heterocycles. The molecule has 0 aromatic carbocycles. The zero-order valence-electron chi connectivity index (χ0n) is 12.0. The van der Waals surface area contributed by atoms with E-state index in [0.29, 0.717) is 31.7 Å². The van der Waals surface area contributed by atoms with Crippen LogP contribution >= 0.6 is 0 Å².